The maximum Gasteiger partial charge on any atom is 0.332 e. The average molecular weight is 475 g/mol. The van der Waals surface area contributed by atoms with Crippen LogP contribution >= 0.6 is 11.6 Å². The van der Waals surface area contributed by atoms with Gasteiger partial charge in [-0.2, -0.15) is 0 Å². The summed E-state index contributed by atoms with van der Waals surface area (Å²) in [5, 5.41) is 31.5. The lowest BCUT2D eigenvalue weighted by Gasteiger charge is -2.25. The Morgan fingerprint density at radius 1 is 1.12 bits per heavy atom. The van der Waals surface area contributed by atoms with Crippen LogP contribution in [0.5, 0.6) is 0 Å². The summed E-state index contributed by atoms with van der Waals surface area (Å²) in [5.74, 6) is -3.05. The molecule has 9 heteroatoms. The van der Waals surface area contributed by atoms with Crippen molar-refractivity contribution < 1.29 is 29.7 Å². The molecule has 1 aliphatic heterocycles. The first-order chi connectivity index (χ1) is 15.8. The molecule has 0 aliphatic carbocycles. The number of nitrogens with one attached hydrogen (secondary N) is 1. The summed E-state index contributed by atoms with van der Waals surface area (Å²) in [6, 6.07) is 13.7. The molecule has 0 radical (unpaired) electrons. The zero-order valence-corrected chi connectivity index (χ0v) is 18.7. The smallest absolute Gasteiger partial charge is 0.332 e. The van der Waals surface area contributed by atoms with Crippen LogP contribution in [0.3, 0.4) is 0 Å². The van der Waals surface area contributed by atoms with E-state index in [1.165, 1.54) is 4.90 Å². The molecule has 1 fully saturated rings. The minimum Gasteiger partial charge on any atom is -0.479 e. The summed E-state index contributed by atoms with van der Waals surface area (Å²) in [4.78, 5) is 37.6. The Kier molecular flexibility index (Phi) is 8.43. The van der Waals surface area contributed by atoms with Gasteiger partial charge in [-0.05, 0) is 48.1 Å². The summed E-state index contributed by atoms with van der Waals surface area (Å²) in [7, 11) is 0. The highest BCUT2D eigenvalue weighted by Crippen LogP contribution is 2.23. The van der Waals surface area contributed by atoms with E-state index in [-0.39, 0.29) is 19.4 Å². The third kappa shape index (κ3) is 6.54. The number of amides is 2. The standard InChI is InChI=1S/C24H27ClN2O6/c25-18-4-1-3-17(12-18)16-8-6-15(7-9-16)11-19(13-21(29)24(32)33)26-22(30)23(31)27-10-2-5-20(27)14-28/h1,3-4,6-9,12,19-21,28-29H,2,5,10-11,13-14H2,(H,26,30)(H,32,33)/t19-,20+,21-/m1/s1. The SMILES string of the molecule is O=C(N[C@H](Cc1ccc(-c2cccc(Cl)c2)cc1)C[C@@H](O)C(=O)O)C(=O)N1CCC[C@H]1CO. The second-order valence-electron chi connectivity index (χ2n) is 8.15. The molecule has 1 aliphatic rings. The van der Waals surface area contributed by atoms with Crippen molar-refractivity contribution in [1.82, 2.24) is 10.2 Å². The van der Waals surface area contributed by atoms with Crippen molar-refractivity contribution in [3.05, 3.63) is 59.1 Å². The minimum atomic E-state index is -1.69. The first-order valence-corrected chi connectivity index (χ1v) is 11.1. The molecule has 1 heterocycles. The lowest BCUT2D eigenvalue weighted by Crippen LogP contribution is -2.50. The van der Waals surface area contributed by atoms with Gasteiger partial charge in [-0.25, -0.2) is 4.79 Å². The summed E-state index contributed by atoms with van der Waals surface area (Å²) in [6.07, 6.45) is -0.399. The molecule has 8 nitrogen and oxygen atoms in total. The van der Waals surface area contributed by atoms with Crippen LogP contribution in [0.1, 0.15) is 24.8 Å². The van der Waals surface area contributed by atoms with Gasteiger partial charge in [0.1, 0.15) is 0 Å². The number of carbonyl (C=O) groups is 3. The number of carbonyl (C=O) groups excluding carboxylic acids is 2. The van der Waals surface area contributed by atoms with E-state index in [1.807, 2.05) is 42.5 Å². The number of benzene rings is 2. The number of hydrogen-bond acceptors (Lipinski definition) is 5. The van der Waals surface area contributed by atoms with E-state index in [4.69, 9.17) is 16.7 Å². The fraction of sp³-hybridized carbons (Fsp3) is 0.375. The molecule has 0 saturated carbocycles. The number of rotatable bonds is 8. The van der Waals surface area contributed by atoms with Gasteiger partial charge in [-0.1, -0.05) is 48.0 Å². The molecule has 1 saturated heterocycles. The zero-order chi connectivity index (χ0) is 24.0. The molecule has 2 aromatic carbocycles. The van der Waals surface area contributed by atoms with Gasteiger partial charge in [-0.3, -0.25) is 9.59 Å². The Bertz CT molecular complexity index is 997. The molecule has 0 unspecified atom stereocenters. The van der Waals surface area contributed by atoms with Crippen molar-refractivity contribution in [2.24, 2.45) is 0 Å². The fourth-order valence-electron chi connectivity index (χ4n) is 4.02. The van der Waals surface area contributed by atoms with Crippen LogP contribution in [0.2, 0.25) is 5.02 Å². The topological polar surface area (TPSA) is 127 Å². The van der Waals surface area contributed by atoms with Crippen LogP contribution in [0.15, 0.2) is 48.5 Å². The van der Waals surface area contributed by atoms with Gasteiger partial charge in [0.15, 0.2) is 6.10 Å². The molecule has 0 aromatic heterocycles. The van der Waals surface area contributed by atoms with Gasteiger partial charge in [0.2, 0.25) is 0 Å². The molecule has 3 atom stereocenters. The van der Waals surface area contributed by atoms with Crippen molar-refractivity contribution >= 4 is 29.4 Å². The lowest BCUT2D eigenvalue weighted by atomic mass is 9.97. The average Bonchev–Trinajstić information content (AvgIpc) is 3.27. The number of likely N-dealkylation sites (tertiary alicyclic amines) is 1. The molecule has 0 bridgehead atoms. The quantitative estimate of drug-likeness (QED) is 0.432. The van der Waals surface area contributed by atoms with Gasteiger partial charge in [0, 0.05) is 24.0 Å². The van der Waals surface area contributed by atoms with E-state index < -0.39 is 36.0 Å². The van der Waals surface area contributed by atoms with Crippen LogP contribution in [0.4, 0.5) is 0 Å². The number of aliphatic carboxylic acids is 1. The number of halogens is 1. The van der Waals surface area contributed by atoms with Crippen molar-refractivity contribution in [2.75, 3.05) is 13.2 Å². The summed E-state index contributed by atoms with van der Waals surface area (Å²) in [5.41, 5.74) is 2.67. The Hall–Kier alpha value is -2.94. The first-order valence-electron chi connectivity index (χ1n) is 10.8. The van der Waals surface area contributed by atoms with E-state index in [9.17, 15) is 24.6 Å². The zero-order valence-electron chi connectivity index (χ0n) is 18.0. The Balaban J connectivity index is 1.71. The highest BCUT2D eigenvalue weighted by atomic mass is 35.5. The maximum atomic E-state index is 12.6. The second-order valence-corrected chi connectivity index (χ2v) is 8.59. The van der Waals surface area contributed by atoms with Gasteiger partial charge >= 0.3 is 17.8 Å². The van der Waals surface area contributed by atoms with Gasteiger partial charge < -0.3 is 25.5 Å². The predicted octanol–water partition coefficient (Wildman–Crippen LogP) is 1.85. The van der Waals surface area contributed by atoms with Crippen molar-refractivity contribution in [1.29, 1.82) is 0 Å². The van der Waals surface area contributed by atoms with Crippen LogP contribution in [0, 0.1) is 0 Å². The largest absolute Gasteiger partial charge is 0.479 e. The van der Waals surface area contributed by atoms with Crippen LogP contribution in [-0.4, -0.2) is 69.3 Å². The van der Waals surface area contributed by atoms with Gasteiger partial charge in [0.05, 0.1) is 12.6 Å². The molecule has 2 aromatic rings. The Labute approximate surface area is 196 Å². The predicted molar refractivity (Wildman–Crippen MR) is 123 cm³/mol. The molecular weight excluding hydrogens is 448 g/mol. The maximum absolute atomic E-state index is 12.6. The van der Waals surface area contributed by atoms with E-state index in [1.54, 1.807) is 6.07 Å². The Morgan fingerprint density at radius 3 is 2.48 bits per heavy atom. The number of nitrogens with zero attached hydrogens (tertiary/aromatic N) is 1. The number of aliphatic hydroxyl groups excluding tert-OH is 2. The van der Waals surface area contributed by atoms with E-state index >= 15 is 0 Å². The molecule has 4 N–H and O–H groups in total. The van der Waals surface area contributed by atoms with E-state index in [0.29, 0.717) is 24.4 Å². The molecule has 176 valence electrons. The van der Waals surface area contributed by atoms with E-state index in [2.05, 4.69) is 5.32 Å². The van der Waals surface area contributed by atoms with Gasteiger partial charge in [-0.15, -0.1) is 0 Å². The summed E-state index contributed by atoms with van der Waals surface area (Å²) in [6.45, 7) is 0.157. The minimum absolute atomic E-state index is 0.223. The first kappa shape index (κ1) is 24.7. The highest BCUT2D eigenvalue weighted by Gasteiger charge is 2.33. The fourth-order valence-corrected chi connectivity index (χ4v) is 4.21. The van der Waals surface area contributed by atoms with Crippen molar-refractivity contribution in [3.63, 3.8) is 0 Å². The van der Waals surface area contributed by atoms with Crippen LogP contribution in [0.25, 0.3) is 11.1 Å². The summed E-state index contributed by atoms with van der Waals surface area (Å²) >= 11 is 6.05. The molecule has 2 amide bonds. The molecule has 3 rings (SSSR count). The van der Waals surface area contributed by atoms with Crippen molar-refractivity contribution in [2.45, 2.75) is 43.9 Å². The lowest BCUT2D eigenvalue weighted by molar-refractivity contribution is -0.149. The van der Waals surface area contributed by atoms with Crippen LogP contribution < -0.4 is 5.32 Å². The normalized spacial score (nSPS) is 17.4. The number of carboxylic acid groups (broad SMARTS) is 1. The molecule has 33 heavy (non-hydrogen) atoms. The Morgan fingerprint density at radius 2 is 1.85 bits per heavy atom. The third-order valence-corrected chi connectivity index (χ3v) is 6.00. The number of carboxylic acids is 1. The van der Waals surface area contributed by atoms with Gasteiger partial charge in [0.25, 0.3) is 0 Å². The summed E-state index contributed by atoms with van der Waals surface area (Å²) < 4.78 is 0. The number of aliphatic hydroxyl groups is 2. The van der Waals surface area contributed by atoms with Crippen LogP contribution in [-0.2, 0) is 20.8 Å². The highest BCUT2D eigenvalue weighted by molar-refractivity contribution is 6.35. The third-order valence-electron chi connectivity index (χ3n) is 5.77. The monoisotopic (exact) mass is 474 g/mol. The van der Waals surface area contributed by atoms with Crippen molar-refractivity contribution in [3.8, 4) is 11.1 Å². The second kappa shape index (κ2) is 11.3. The molecule has 0 spiro atoms. The number of hydrogen-bond donors (Lipinski definition) is 4. The molecular formula is C24H27ClN2O6. The van der Waals surface area contributed by atoms with E-state index in [0.717, 1.165) is 16.7 Å².